The number of piperazine rings is 1. The van der Waals surface area contributed by atoms with Crippen LogP contribution in [0.3, 0.4) is 0 Å². The number of nitrogens with one attached hydrogen (secondary N) is 1. The maximum Gasteiger partial charge on any atom is 0.253 e. The lowest BCUT2D eigenvalue weighted by atomic mass is 9.86. The fourth-order valence-corrected chi connectivity index (χ4v) is 4.86. The zero-order chi connectivity index (χ0) is 22.6. The summed E-state index contributed by atoms with van der Waals surface area (Å²) in [5, 5.41) is 3.17. The summed E-state index contributed by atoms with van der Waals surface area (Å²) < 4.78 is 0. The molecule has 1 heterocycles. The molecule has 1 aromatic rings. The van der Waals surface area contributed by atoms with Crippen LogP contribution in [-0.2, 0) is 10.2 Å². The van der Waals surface area contributed by atoms with Gasteiger partial charge in [0, 0.05) is 38.3 Å². The number of benzene rings is 1. The van der Waals surface area contributed by atoms with E-state index < -0.39 is 0 Å². The molecule has 0 radical (unpaired) electrons. The molecule has 5 heteroatoms. The molecule has 2 aliphatic rings. The highest BCUT2D eigenvalue weighted by atomic mass is 16.2. The lowest BCUT2D eigenvalue weighted by Gasteiger charge is -2.41. The van der Waals surface area contributed by atoms with Crippen molar-refractivity contribution >= 4 is 11.8 Å². The Kier molecular flexibility index (Phi) is 7.79. The molecule has 0 spiro atoms. The second kappa shape index (κ2) is 10.2. The first kappa shape index (κ1) is 23.8. The molecule has 2 amide bonds. The second-order valence-corrected chi connectivity index (χ2v) is 10.8. The van der Waals surface area contributed by atoms with E-state index >= 15 is 0 Å². The van der Waals surface area contributed by atoms with Crippen molar-refractivity contribution in [2.24, 2.45) is 11.8 Å². The molecule has 1 aromatic carbocycles. The SMILES string of the molecule is CC(C)CNC(=O)[C@@H](C1CCCC1)N1CCN(C(=O)c2ccc(C(C)(C)C)cc2)CC1. The van der Waals surface area contributed by atoms with Crippen LogP contribution in [0.2, 0.25) is 0 Å². The molecule has 172 valence electrons. The highest BCUT2D eigenvalue weighted by molar-refractivity contribution is 5.94. The molecule has 1 aliphatic heterocycles. The van der Waals surface area contributed by atoms with E-state index in [4.69, 9.17) is 0 Å². The summed E-state index contributed by atoms with van der Waals surface area (Å²) in [5.74, 6) is 1.17. The van der Waals surface area contributed by atoms with E-state index in [-0.39, 0.29) is 23.3 Å². The van der Waals surface area contributed by atoms with Crippen LogP contribution in [0, 0.1) is 11.8 Å². The molecule has 31 heavy (non-hydrogen) atoms. The van der Waals surface area contributed by atoms with E-state index in [2.05, 4.69) is 57.0 Å². The van der Waals surface area contributed by atoms with Gasteiger partial charge in [-0.2, -0.15) is 0 Å². The van der Waals surface area contributed by atoms with Crippen molar-refractivity contribution in [3.63, 3.8) is 0 Å². The summed E-state index contributed by atoms with van der Waals surface area (Å²) in [6.45, 7) is 14.4. The average molecular weight is 428 g/mol. The molecular formula is C26H41N3O2. The van der Waals surface area contributed by atoms with E-state index in [1.54, 1.807) is 0 Å². The number of hydrogen-bond acceptors (Lipinski definition) is 3. The predicted octanol–water partition coefficient (Wildman–Crippen LogP) is 4.07. The maximum absolute atomic E-state index is 13.1. The Morgan fingerprint density at radius 1 is 1.00 bits per heavy atom. The Morgan fingerprint density at radius 2 is 1.58 bits per heavy atom. The topological polar surface area (TPSA) is 52.7 Å². The van der Waals surface area contributed by atoms with Crippen LogP contribution < -0.4 is 5.32 Å². The van der Waals surface area contributed by atoms with Gasteiger partial charge < -0.3 is 10.2 Å². The lowest BCUT2D eigenvalue weighted by molar-refractivity contribution is -0.129. The molecule has 0 unspecified atom stereocenters. The molecule has 5 nitrogen and oxygen atoms in total. The minimum atomic E-state index is -0.0513. The molecule has 2 fully saturated rings. The summed E-state index contributed by atoms with van der Waals surface area (Å²) in [6, 6.07) is 7.99. The van der Waals surface area contributed by atoms with E-state index in [0.29, 0.717) is 24.9 Å². The van der Waals surface area contributed by atoms with Crippen LogP contribution in [0.4, 0.5) is 0 Å². The predicted molar refractivity (Wildman–Crippen MR) is 126 cm³/mol. The number of hydrogen-bond donors (Lipinski definition) is 1. The Morgan fingerprint density at radius 3 is 2.10 bits per heavy atom. The van der Waals surface area contributed by atoms with Gasteiger partial charge in [0.15, 0.2) is 0 Å². The highest BCUT2D eigenvalue weighted by Crippen LogP contribution is 2.31. The van der Waals surface area contributed by atoms with Crippen molar-refractivity contribution < 1.29 is 9.59 Å². The van der Waals surface area contributed by atoms with Crippen LogP contribution in [0.1, 0.15) is 76.2 Å². The van der Waals surface area contributed by atoms with Gasteiger partial charge in [-0.3, -0.25) is 14.5 Å². The van der Waals surface area contributed by atoms with Crippen LogP contribution in [0.5, 0.6) is 0 Å². The molecule has 1 aliphatic carbocycles. The van der Waals surface area contributed by atoms with Gasteiger partial charge in [0.05, 0.1) is 6.04 Å². The number of nitrogens with zero attached hydrogens (tertiary/aromatic N) is 2. The first-order valence-electron chi connectivity index (χ1n) is 12.1. The van der Waals surface area contributed by atoms with Crippen molar-refractivity contribution in [3.8, 4) is 0 Å². The summed E-state index contributed by atoms with van der Waals surface area (Å²) in [4.78, 5) is 30.4. The van der Waals surface area contributed by atoms with Crippen molar-refractivity contribution in [2.45, 2.75) is 71.8 Å². The number of carbonyl (C=O) groups excluding carboxylic acids is 2. The van der Waals surface area contributed by atoms with Gasteiger partial charge in [0.1, 0.15) is 0 Å². The standard InChI is InChI=1S/C26H41N3O2/c1-19(2)18-27-24(30)23(20-8-6-7-9-20)28-14-16-29(17-15-28)25(31)21-10-12-22(13-11-21)26(3,4)5/h10-13,19-20,23H,6-9,14-18H2,1-5H3,(H,27,30)/t23-/m1/s1. The first-order valence-corrected chi connectivity index (χ1v) is 12.1. The first-order chi connectivity index (χ1) is 14.7. The summed E-state index contributed by atoms with van der Waals surface area (Å²) in [5.41, 5.74) is 2.07. The van der Waals surface area contributed by atoms with Gasteiger partial charge in [-0.1, -0.05) is 59.6 Å². The van der Waals surface area contributed by atoms with Crippen LogP contribution in [-0.4, -0.2) is 60.4 Å². The number of amides is 2. The Bertz CT molecular complexity index is 737. The van der Waals surface area contributed by atoms with Crippen molar-refractivity contribution in [3.05, 3.63) is 35.4 Å². The van der Waals surface area contributed by atoms with Crippen molar-refractivity contribution in [1.82, 2.24) is 15.1 Å². The van der Waals surface area contributed by atoms with Crippen LogP contribution in [0.15, 0.2) is 24.3 Å². The van der Waals surface area contributed by atoms with E-state index in [1.807, 2.05) is 17.0 Å². The Labute approximate surface area is 188 Å². The summed E-state index contributed by atoms with van der Waals surface area (Å²) in [6.07, 6.45) is 4.72. The van der Waals surface area contributed by atoms with E-state index in [1.165, 1.54) is 18.4 Å². The molecule has 1 saturated heterocycles. The summed E-state index contributed by atoms with van der Waals surface area (Å²) >= 11 is 0. The minimum absolute atomic E-state index is 0.0513. The van der Waals surface area contributed by atoms with Crippen LogP contribution >= 0.6 is 0 Å². The fraction of sp³-hybridized carbons (Fsp3) is 0.692. The monoisotopic (exact) mass is 427 g/mol. The third-order valence-electron chi connectivity index (χ3n) is 6.79. The third kappa shape index (κ3) is 6.09. The second-order valence-electron chi connectivity index (χ2n) is 10.8. The van der Waals surface area contributed by atoms with E-state index in [9.17, 15) is 9.59 Å². The maximum atomic E-state index is 13.1. The normalized spacial score (nSPS) is 19.6. The van der Waals surface area contributed by atoms with Gasteiger partial charge in [-0.25, -0.2) is 0 Å². The molecule has 0 bridgehead atoms. The average Bonchev–Trinajstić information content (AvgIpc) is 3.26. The zero-order valence-corrected chi connectivity index (χ0v) is 20.1. The van der Waals surface area contributed by atoms with Gasteiger partial charge in [0.25, 0.3) is 5.91 Å². The fourth-order valence-electron chi connectivity index (χ4n) is 4.86. The zero-order valence-electron chi connectivity index (χ0n) is 20.1. The minimum Gasteiger partial charge on any atom is -0.354 e. The molecule has 1 saturated carbocycles. The third-order valence-corrected chi connectivity index (χ3v) is 6.79. The van der Waals surface area contributed by atoms with E-state index in [0.717, 1.165) is 38.0 Å². The quantitative estimate of drug-likeness (QED) is 0.744. The lowest BCUT2D eigenvalue weighted by Crippen LogP contribution is -2.58. The number of carbonyl (C=O) groups is 2. The van der Waals surface area contributed by atoms with Crippen LogP contribution in [0.25, 0.3) is 0 Å². The summed E-state index contributed by atoms with van der Waals surface area (Å²) in [7, 11) is 0. The van der Waals surface area contributed by atoms with Gasteiger partial charge in [0.2, 0.25) is 5.91 Å². The van der Waals surface area contributed by atoms with Crippen molar-refractivity contribution in [2.75, 3.05) is 32.7 Å². The smallest absolute Gasteiger partial charge is 0.253 e. The molecule has 3 rings (SSSR count). The Hall–Kier alpha value is -1.88. The van der Waals surface area contributed by atoms with Gasteiger partial charge in [-0.05, 0) is 47.8 Å². The number of rotatable bonds is 6. The molecule has 1 atom stereocenters. The highest BCUT2D eigenvalue weighted by Gasteiger charge is 2.37. The molecule has 1 N–H and O–H groups in total. The largest absolute Gasteiger partial charge is 0.354 e. The molecular weight excluding hydrogens is 386 g/mol. The van der Waals surface area contributed by atoms with Crippen molar-refractivity contribution in [1.29, 1.82) is 0 Å². The Balaban J connectivity index is 1.61. The van der Waals surface area contributed by atoms with Gasteiger partial charge >= 0.3 is 0 Å². The molecule has 0 aromatic heterocycles. The van der Waals surface area contributed by atoms with Gasteiger partial charge in [-0.15, -0.1) is 0 Å².